The Hall–Kier alpha value is -3.09. The fraction of sp³-hybridized carbons (Fsp3) is 0.409. The molecule has 1 amide bonds. The van der Waals surface area contributed by atoms with Crippen molar-refractivity contribution in [3.8, 4) is 5.75 Å². The molecule has 0 bridgehead atoms. The van der Waals surface area contributed by atoms with Crippen LogP contribution >= 0.6 is 0 Å². The molecule has 29 heavy (non-hydrogen) atoms. The van der Waals surface area contributed by atoms with Crippen molar-refractivity contribution in [2.24, 2.45) is 0 Å². The van der Waals surface area contributed by atoms with Gasteiger partial charge in [-0.25, -0.2) is 0 Å². The minimum absolute atomic E-state index is 0.0136. The molecule has 0 aliphatic carbocycles. The molecule has 1 aliphatic rings. The number of hydrogen-bond donors (Lipinski definition) is 1. The van der Waals surface area contributed by atoms with Crippen LogP contribution in [0.5, 0.6) is 5.75 Å². The standard InChI is InChI=1S/C22H27N3O4/c1-16(2)29-19-8-5-17(6-9-19)11-12-23-22(26)18-7-10-20(21(15-18)25(27)28)24-13-3-4-14-24/h5-10,15-16H,3-4,11-14H2,1-2H3,(H,23,26). The predicted molar refractivity (Wildman–Crippen MR) is 113 cm³/mol. The quantitative estimate of drug-likeness (QED) is 0.538. The maximum Gasteiger partial charge on any atom is 0.293 e. The summed E-state index contributed by atoms with van der Waals surface area (Å²) in [6, 6.07) is 12.5. The van der Waals surface area contributed by atoms with Gasteiger partial charge < -0.3 is 15.0 Å². The number of carbonyl (C=O) groups is 1. The molecule has 1 N–H and O–H groups in total. The maximum absolute atomic E-state index is 12.5. The summed E-state index contributed by atoms with van der Waals surface area (Å²) in [6.45, 7) is 6.03. The second-order valence-electron chi connectivity index (χ2n) is 7.47. The van der Waals surface area contributed by atoms with Crippen LogP contribution in [0.4, 0.5) is 11.4 Å². The number of benzene rings is 2. The smallest absolute Gasteiger partial charge is 0.293 e. The van der Waals surface area contributed by atoms with Gasteiger partial charge in [-0.2, -0.15) is 0 Å². The van der Waals surface area contributed by atoms with Gasteiger partial charge in [0.15, 0.2) is 0 Å². The summed E-state index contributed by atoms with van der Waals surface area (Å²) in [5.74, 6) is 0.513. The normalized spacial score (nSPS) is 13.6. The van der Waals surface area contributed by atoms with Crippen molar-refractivity contribution >= 4 is 17.3 Å². The fourth-order valence-corrected chi connectivity index (χ4v) is 3.47. The molecule has 7 heteroatoms. The lowest BCUT2D eigenvalue weighted by Crippen LogP contribution is -2.26. The number of hydrogen-bond acceptors (Lipinski definition) is 5. The molecule has 3 rings (SSSR count). The van der Waals surface area contributed by atoms with E-state index in [0.717, 1.165) is 37.2 Å². The van der Waals surface area contributed by atoms with Gasteiger partial charge in [0.2, 0.25) is 0 Å². The number of nitrogens with one attached hydrogen (secondary N) is 1. The summed E-state index contributed by atoms with van der Waals surface area (Å²) in [6.07, 6.45) is 2.86. The molecule has 0 unspecified atom stereocenters. The van der Waals surface area contributed by atoms with Gasteiger partial charge in [-0.1, -0.05) is 12.1 Å². The van der Waals surface area contributed by atoms with Gasteiger partial charge in [0, 0.05) is 31.3 Å². The first-order valence-corrected chi connectivity index (χ1v) is 10.0. The molecule has 0 aromatic heterocycles. The van der Waals surface area contributed by atoms with Crippen LogP contribution in [0.15, 0.2) is 42.5 Å². The molecule has 2 aromatic rings. The van der Waals surface area contributed by atoms with E-state index >= 15 is 0 Å². The highest BCUT2D eigenvalue weighted by molar-refractivity contribution is 5.95. The topological polar surface area (TPSA) is 84.7 Å². The van der Waals surface area contributed by atoms with E-state index < -0.39 is 4.92 Å². The van der Waals surface area contributed by atoms with Crippen molar-refractivity contribution in [3.05, 3.63) is 63.7 Å². The average Bonchev–Trinajstić information content (AvgIpc) is 3.23. The molecular weight excluding hydrogens is 370 g/mol. The molecule has 0 spiro atoms. The molecule has 2 aromatic carbocycles. The third-order valence-electron chi connectivity index (χ3n) is 4.88. The van der Waals surface area contributed by atoms with E-state index in [1.54, 1.807) is 12.1 Å². The second-order valence-corrected chi connectivity index (χ2v) is 7.47. The van der Waals surface area contributed by atoms with Crippen LogP contribution in [-0.4, -0.2) is 36.6 Å². The number of amides is 1. The zero-order chi connectivity index (χ0) is 20.8. The van der Waals surface area contributed by atoms with Crippen molar-refractivity contribution in [2.75, 3.05) is 24.5 Å². The molecular formula is C22H27N3O4. The molecule has 154 valence electrons. The van der Waals surface area contributed by atoms with Crippen molar-refractivity contribution < 1.29 is 14.5 Å². The maximum atomic E-state index is 12.5. The van der Waals surface area contributed by atoms with Crippen molar-refractivity contribution in [2.45, 2.75) is 39.2 Å². The van der Waals surface area contributed by atoms with Gasteiger partial charge in [-0.15, -0.1) is 0 Å². The van der Waals surface area contributed by atoms with Gasteiger partial charge in [0.25, 0.3) is 11.6 Å². The van der Waals surface area contributed by atoms with Crippen LogP contribution in [0.3, 0.4) is 0 Å². The van der Waals surface area contributed by atoms with Gasteiger partial charge in [-0.3, -0.25) is 14.9 Å². The molecule has 0 saturated carbocycles. The first-order valence-electron chi connectivity index (χ1n) is 10.0. The highest BCUT2D eigenvalue weighted by atomic mass is 16.6. The van der Waals surface area contributed by atoms with Gasteiger partial charge in [-0.05, 0) is 62.9 Å². The third kappa shape index (κ3) is 5.47. The summed E-state index contributed by atoms with van der Waals surface area (Å²) in [5.41, 5.74) is 1.96. The second kappa shape index (κ2) is 9.41. The molecule has 1 heterocycles. The molecule has 0 atom stereocenters. The lowest BCUT2D eigenvalue weighted by molar-refractivity contribution is -0.384. The molecule has 1 fully saturated rings. The number of nitrogens with zero attached hydrogens (tertiary/aromatic N) is 2. The SMILES string of the molecule is CC(C)Oc1ccc(CCNC(=O)c2ccc(N3CCCC3)c([N+](=O)[O-])c2)cc1. The van der Waals surface area contributed by atoms with Gasteiger partial charge in [0.05, 0.1) is 11.0 Å². The summed E-state index contributed by atoms with van der Waals surface area (Å²) in [4.78, 5) is 25.5. The van der Waals surface area contributed by atoms with Crippen LogP contribution in [-0.2, 0) is 6.42 Å². The summed E-state index contributed by atoms with van der Waals surface area (Å²) < 4.78 is 5.62. The van der Waals surface area contributed by atoms with Crippen molar-refractivity contribution in [3.63, 3.8) is 0 Å². The lowest BCUT2D eigenvalue weighted by atomic mass is 10.1. The Morgan fingerprint density at radius 3 is 2.48 bits per heavy atom. The monoisotopic (exact) mass is 397 g/mol. The Morgan fingerprint density at radius 1 is 1.17 bits per heavy atom. The van der Waals surface area contributed by atoms with E-state index in [2.05, 4.69) is 5.32 Å². The largest absolute Gasteiger partial charge is 0.491 e. The number of anilines is 1. The number of ether oxygens (including phenoxy) is 1. The number of carbonyl (C=O) groups excluding carboxylic acids is 1. The average molecular weight is 397 g/mol. The van der Waals surface area contributed by atoms with Crippen LogP contribution in [0, 0.1) is 10.1 Å². The summed E-state index contributed by atoms with van der Waals surface area (Å²) in [7, 11) is 0. The third-order valence-corrected chi connectivity index (χ3v) is 4.88. The zero-order valence-corrected chi connectivity index (χ0v) is 16.9. The van der Waals surface area contributed by atoms with E-state index in [1.807, 2.05) is 43.0 Å². The summed E-state index contributed by atoms with van der Waals surface area (Å²) >= 11 is 0. The first-order chi connectivity index (χ1) is 13.9. The molecule has 7 nitrogen and oxygen atoms in total. The fourth-order valence-electron chi connectivity index (χ4n) is 3.47. The Bertz CT molecular complexity index is 859. The Kier molecular flexibility index (Phi) is 6.69. The number of nitro groups is 1. The zero-order valence-electron chi connectivity index (χ0n) is 16.9. The van der Waals surface area contributed by atoms with Crippen molar-refractivity contribution in [1.29, 1.82) is 0 Å². The highest BCUT2D eigenvalue weighted by Crippen LogP contribution is 2.31. The number of nitro benzene ring substituents is 1. The molecule has 1 saturated heterocycles. The molecule has 0 radical (unpaired) electrons. The van der Waals surface area contributed by atoms with Crippen LogP contribution in [0.25, 0.3) is 0 Å². The first kappa shape index (κ1) is 20.6. The Balaban J connectivity index is 1.59. The van der Waals surface area contributed by atoms with Gasteiger partial charge in [0.1, 0.15) is 11.4 Å². The van der Waals surface area contributed by atoms with Crippen LogP contribution in [0.1, 0.15) is 42.6 Å². The van der Waals surface area contributed by atoms with Crippen LogP contribution < -0.4 is 15.0 Å². The highest BCUT2D eigenvalue weighted by Gasteiger charge is 2.23. The summed E-state index contributed by atoms with van der Waals surface area (Å²) in [5, 5.41) is 14.3. The van der Waals surface area contributed by atoms with Gasteiger partial charge >= 0.3 is 0 Å². The lowest BCUT2D eigenvalue weighted by Gasteiger charge is -2.17. The molecule has 1 aliphatic heterocycles. The van der Waals surface area contributed by atoms with E-state index in [9.17, 15) is 14.9 Å². The Morgan fingerprint density at radius 2 is 1.86 bits per heavy atom. The minimum atomic E-state index is -0.411. The van der Waals surface area contributed by atoms with Crippen molar-refractivity contribution in [1.82, 2.24) is 5.32 Å². The number of rotatable bonds is 8. The van der Waals surface area contributed by atoms with E-state index in [0.29, 0.717) is 24.2 Å². The van der Waals surface area contributed by atoms with Crippen LogP contribution in [0.2, 0.25) is 0 Å². The van der Waals surface area contributed by atoms with E-state index in [4.69, 9.17) is 4.74 Å². The van der Waals surface area contributed by atoms with E-state index in [1.165, 1.54) is 6.07 Å². The predicted octanol–water partition coefficient (Wildman–Crippen LogP) is 3.95. The Labute approximate surface area is 170 Å². The minimum Gasteiger partial charge on any atom is -0.491 e. The van der Waals surface area contributed by atoms with E-state index in [-0.39, 0.29) is 17.7 Å².